The van der Waals surface area contributed by atoms with Crippen LogP contribution in [-0.4, -0.2) is 182 Å². The van der Waals surface area contributed by atoms with Crippen LogP contribution in [-0.2, 0) is 57.5 Å². The van der Waals surface area contributed by atoms with E-state index in [1.165, 1.54) is 152 Å². The molecule has 0 saturated carbocycles. The summed E-state index contributed by atoms with van der Waals surface area (Å²) in [6, 6.07) is 5.92. The number of rotatable bonds is 12. The van der Waals surface area contributed by atoms with Crippen LogP contribution in [0.5, 0.6) is 46.0 Å². The van der Waals surface area contributed by atoms with Crippen molar-refractivity contribution >= 4 is 115 Å². The van der Waals surface area contributed by atoms with E-state index in [4.69, 9.17) is 57.3 Å². The fourth-order valence-corrected chi connectivity index (χ4v) is 11.0. The van der Waals surface area contributed by atoms with Gasteiger partial charge in [-0.3, -0.25) is 39.1 Å². The number of thioether (sulfide) groups is 4. The number of hydrogen-bond acceptors (Lipinski definition) is 32. The zero-order valence-corrected chi connectivity index (χ0v) is 50.2. The summed E-state index contributed by atoms with van der Waals surface area (Å²) >= 11 is 5.70. The Morgan fingerprint density at radius 3 is 0.643 bits per heavy atom. The molecule has 8 heterocycles. The van der Waals surface area contributed by atoms with E-state index in [2.05, 4.69) is 39.9 Å². The lowest BCUT2D eigenvalue weighted by molar-refractivity contribution is -0.193. The maximum absolute atomic E-state index is 11.5. The average molecular weight is 1240 g/mol. The number of nitrogens with zero attached hydrogens (tertiary/aromatic N) is 8. The van der Waals surface area contributed by atoms with Gasteiger partial charge in [-0.1, -0.05) is 0 Å². The van der Waals surface area contributed by atoms with Crippen molar-refractivity contribution in [1.29, 1.82) is 0 Å². The van der Waals surface area contributed by atoms with Crippen molar-refractivity contribution in [2.45, 2.75) is 77.5 Å². The molecule has 0 fully saturated rings. The Morgan fingerprint density at radius 2 is 0.536 bits per heavy atom. The molecule has 0 aliphatic carbocycles. The summed E-state index contributed by atoms with van der Waals surface area (Å²) in [4.78, 5) is 145. The highest BCUT2D eigenvalue weighted by Gasteiger charge is 2.40. The highest BCUT2D eigenvalue weighted by molar-refractivity contribution is 8.15. The first-order valence-electron chi connectivity index (χ1n) is 23.4. The Kier molecular flexibility index (Phi) is 30.2. The van der Waals surface area contributed by atoms with Crippen molar-refractivity contribution in [3.05, 3.63) is 71.8 Å². The van der Waals surface area contributed by atoms with Crippen molar-refractivity contribution in [2.75, 3.05) is 51.5 Å². The van der Waals surface area contributed by atoms with E-state index in [0.29, 0.717) is 89.0 Å². The van der Waals surface area contributed by atoms with Gasteiger partial charge in [-0.15, -0.1) is 47.0 Å². The monoisotopic (exact) mass is 1240 g/mol. The summed E-state index contributed by atoms with van der Waals surface area (Å²) in [7, 11) is 6.02. The van der Waals surface area contributed by atoms with Gasteiger partial charge in [0.15, 0.2) is 23.1 Å². The van der Waals surface area contributed by atoms with E-state index in [9.17, 15) is 39.6 Å². The molecular formula is C52H56N8O20S4. The Morgan fingerprint density at radius 1 is 0.381 bits per heavy atom. The third kappa shape index (κ3) is 20.9. The van der Waals surface area contributed by atoms with Gasteiger partial charge in [0.25, 0.3) is 0 Å². The van der Waals surface area contributed by atoms with Gasteiger partial charge in [0.05, 0.1) is 53.2 Å². The van der Waals surface area contributed by atoms with E-state index in [0.717, 1.165) is 0 Å². The number of carbonyl (C=O) groups excluding carboxylic acids is 12. The maximum atomic E-state index is 11.5. The van der Waals surface area contributed by atoms with Crippen LogP contribution in [0, 0.1) is 0 Å². The van der Waals surface area contributed by atoms with Gasteiger partial charge in [-0.2, -0.15) is 38.4 Å². The van der Waals surface area contributed by atoms with Crippen molar-refractivity contribution in [1.82, 2.24) is 19.9 Å². The normalized spacial score (nSPS) is 19.9. The van der Waals surface area contributed by atoms with Gasteiger partial charge in [0.1, 0.15) is 111 Å². The molecule has 0 spiro atoms. The van der Waals surface area contributed by atoms with Crippen LogP contribution in [0.1, 0.15) is 78.2 Å². The van der Waals surface area contributed by atoms with Crippen LogP contribution >= 0.6 is 47.0 Å². The quantitative estimate of drug-likeness (QED) is 0.154. The second kappa shape index (κ2) is 34.7. The highest BCUT2D eigenvalue weighted by atomic mass is 32.2. The van der Waals surface area contributed by atoms with Gasteiger partial charge in [-0.25, -0.2) is 19.9 Å². The number of ether oxygens (including phenoxy) is 4. The second-order valence-corrected chi connectivity index (χ2v) is 21.3. The minimum absolute atomic E-state index is 0.00778. The fourth-order valence-electron chi connectivity index (χ4n) is 6.04. The maximum Gasteiger partial charge on any atom is 0.373 e. The molecular weight excluding hydrogens is 1180 g/mol. The van der Waals surface area contributed by atoms with Crippen LogP contribution in [0.2, 0.25) is 0 Å². The van der Waals surface area contributed by atoms with Crippen LogP contribution < -0.4 is 18.9 Å². The molecule has 0 bridgehead atoms. The van der Waals surface area contributed by atoms with Crippen molar-refractivity contribution in [3.8, 4) is 46.0 Å². The van der Waals surface area contributed by atoms with Crippen LogP contribution in [0.25, 0.3) is 0 Å². The van der Waals surface area contributed by atoms with Crippen molar-refractivity contribution in [2.24, 2.45) is 20.0 Å². The second-order valence-electron chi connectivity index (χ2n) is 17.4. The molecule has 448 valence electrons. The number of pyridine rings is 4. The average Bonchev–Trinajstić information content (AvgIpc) is 4.33. The summed E-state index contributed by atoms with van der Waals surface area (Å²) < 4.78 is 19.9. The van der Waals surface area contributed by atoms with Gasteiger partial charge in [-0.05, 0) is 55.4 Å². The third-order valence-corrected chi connectivity index (χ3v) is 16.6. The van der Waals surface area contributed by atoms with E-state index in [-0.39, 0.29) is 70.7 Å². The molecule has 4 N–H and O–H groups in total. The van der Waals surface area contributed by atoms with Crippen molar-refractivity contribution in [3.63, 3.8) is 0 Å². The molecule has 4 aliphatic rings. The Hall–Kier alpha value is -8.72. The van der Waals surface area contributed by atoms with Crippen LogP contribution in [0.3, 0.4) is 0 Å². The topological polar surface area (TPSA) is 424 Å². The summed E-state index contributed by atoms with van der Waals surface area (Å²) in [6.07, 6.45) is 7.06. The lowest BCUT2D eigenvalue weighted by Crippen LogP contribution is -2.31. The van der Waals surface area contributed by atoms with Gasteiger partial charge >= 0.3 is 24.6 Å². The van der Waals surface area contributed by atoms with E-state index < -0.39 is 22.2 Å². The lowest BCUT2D eigenvalue weighted by Gasteiger charge is -2.13. The molecule has 28 nitrogen and oxygen atoms in total. The SMILES string of the molecule is COc1cnc(C2=N[C@@](C)(C(C)=O)CS2)c(O)c1.COc1cnc(C2=N[C@@](C)(C(C)=O)CS2)c(O)c1.COc1cnc(C2=N[C@@](C)(C(C)=O)CS2)c(O)c1.COc1cnc(C2=N[C@@](C)(C(C)=O)CS2)c(O)c1.O=C=O.O=C=O.O=C=O.O=C=O. The molecule has 4 atom stereocenters. The summed E-state index contributed by atoms with van der Waals surface area (Å²) in [6.45, 7) is 13.2. The first kappa shape index (κ1) is 73.3. The molecule has 0 unspecified atom stereocenters. The lowest BCUT2D eigenvalue weighted by atomic mass is 10.0. The number of carbonyl (C=O) groups is 4. The molecule has 32 heteroatoms. The number of aliphatic imine (C=N–C) groups is 4. The summed E-state index contributed by atoms with van der Waals surface area (Å²) in [5.74, 6) is 4.30. The van der Waals surface area contributed by atoms with Gasteiger partial charge in [0.2, 0.25) is 0 Å². The van der Waals surface area contributed by atoms with E-state index in [1.807, 2.05) is 0 Å². The van der Waals surface area contributed by atoms with Crippen LogP contribution in [0.4, 0.5) is 0 Å². The standard InChI is InChI=1S/4C12H14N2O3S.4CO2/c4*1-7(15)12(2)6-18-11(14-12)10-9(16)4-8(17-3)5-13-10;4*2-1-3/h4*4-5,16H,6H2,1-3H3;;;;/t4*12-;;;;/m1111..../s1. The number of Topliss-reactive ketones (excluding diaryl/α,β-unsaturated/α-hetero) is 4. The summed E-state index contributed by atoms with van der Waals surface area (Å²) in [5.41, 5.74) is -1.28. The molecule has 4 aliphatic heterocycles. The number of hydrogen-bond donors (Lipinski definition) is 4. The smallest absolute Gasteiger partial charge is 0.373 e. The predicted octanol–water partition coefficient (Wildman–Crippen LogP) is 4.21. The van der Waals surface area contributed by atoms with Gasteiger partial charge in [0, 0.05) is 47.3 Å². The van der Waals surface area contributed by atoms with Crippen molar-refractivity contribution < 1.29 is 96.9 Å². The Balaban J connectivity index is 0.000000525. The molecule has 0 radical (unpaired) electrons. The highest BCUT2D eigenvalue weighted by Crippen LogP contribution is 2.38. The van der Waals surface area contributed by atoms with Gasteiger partial charge < -0.3 is 39.4 Å². The Labute approximate surface area is 496 Å². The predicted molar refractivity (Wildman–Crippen MR) is 302 cm³/mol. The fraction of sp³-hybridized carbons (Fsp3) is 0.385. The molecule has 0 aromatic carbocycles. The zero-order chi connectivity index (χ0) is 64.2. The molecule has 8 rings (SSSR count). The number of aromatic nitrogens is 4. The number of methoxy groups -OCH3 is 4. The van der Waals surface area contributed by atoms with E-state index >= 15 is 0 Å². The molecule has 0 amide bonds. The largest absolute Gasteiger partial charge is 0.505 e. The minimum Gasteiger partial charge on any atom is -0.505 e. The number of aromatic hydroxyl groups is 4. The molecule has 84 heavy (non-hydrogen) atoms. The molecule has 4 aromatic rings. The first-order chi connectivity index (χ1) is 39.5. The Bertz CT molecular complexity index is 2870. The van der Waals surface area contributed by atoms with Crippen LogP contribution in [0.15, 0.2) is 69.0 Å². The summed E-state index contributed by atoms with van der Waals surface area (Å²) in [5, 5.41) is 41.8. The molecule has 4 aromatic heterocycles. The van der Waals surface area contributed by atoms with E-state index in [1.54, 1.807) is 27.7 Å². The zero-order valence-electron chi connectivity index (χ0n) is 47.0. The number of ketones is 4. The third-order valence-electron chi connectivity index (χ3n) is 11.5. The first-order valence-corrected chi connectivity index (χ1v) is 27.3. The molecule has 0 saturated heterocycles. The minimum atomic E-state index is -0.714.